The molecule has 5 nitrogen and oxygen atoms in total. The molecule has 1 aromatic heterocycles. The maximum Gasteiger partial charge on any atom is 0.234 e. The molecular formula is C28H21ClN4OS. The Hall–Kier alpha value is -3.87. The Morgan fingerprint density at radius 1 is 0.800 bits per heavy atom. The first-order valence-corrected chi connectivity index (χ1v) is 12.4. The number of carbonyl (C=O) groups excluding carboxylic acids is 1. The van der Waals surface area contributed by atoms with Gasteiger partial charge in [0, 0.05) is 27.5 Å². The second-order valence-electron chi connectivity index (χ2n) is 7.74. The van der Waals surface area contributed by atoms with E-state index in [1.165, 1.54) is 11.8 Å². The minimum atomic E-state index is -0.120. The van der Waals surface area contributed by atoms with Crippen molar-refractivity contribution in [2.45, 2.75) is 5.16 Å². The molecule has 5 rings (SSSR count). The number of hydrogen-bond donors (Lipinski definition) is 1. The smallest absolute Gasteiger partial charge is 0.234 e. The first-order chi connectivity index (χ1) is 17.2. The molecule has 1 amide bonds. The third kappa shape index (κ3) is 5.29. The summed E-state index contributed by atoms with van der Waals surface area (Å²) in [6.07, 6.45) is 0. The number of halogens is 1. The molecule has 172 valence electrons. The van der Waals surface area contributed by atoms with Gasteiger partial charge in [0.1, 0.15) is 0 Å². The van der Waals surface area contributed by atoms with Gasteiger partial charge in [-0.3, -0.25) is 9.36 Å². The van der Waals surface area contributed by atoms with Crippen LogP contribution in [0, 0.1) is 0 Å². The first kappa shape index (κ1) is 22.9. The fourth-order valence-electron chi connectivity index (χ4n) is 3.77. The Balaban J connectivity index is 1.39. The van der Waals surface area contributed by atoms with Crippen molar-refractivity contribution in [3.63, 3.8) is 0 Å². The normalized spacial score (nSPS) is 10.8. The van der Waals surface area contributed by atoms with Crippen LogP contribution in [0.2, 0.25) is 5.02 Å². The number of anilines is 1. The standard InChI is InChI=1S/C28H21ClN4OS/c29-22-13-9-12-21(18-22)27-31-32-28(33(27)23-14-5-2-6-15-23)35-19-26(34)30-25-17-8-7-16-24(25)20-10-3-1-4-11-20/h1-18H,19H2,(H,30,34). The zero-order chi connectivity index (χ0) is 24.0. The number of nitrogens with zero attached hydrogens (tertiary/aromatic N) is 3. The quantitative estimate of drug-likeness (QED) is 0.247. The fourth-order valence-corrected chi connectivity index (χ4v) is 4.71. The maximum atomic E-state index is 12.9. The maximum absolute atomic E-state index is 12.9. The van der Waals surface area contributed by atoms with Gasteiger partial charge in [-0.15, -0.1) is 10.2 Å². The molecule has 35 heavy (non-hydrogen) atoms. The van der Waals surface area contributed by atoms with Crippen molar-refractivity contribution < 1.29 is 4.79 Å². The van der Waals surface area contributed by atoms with Gasteiger partial charge in [0.25, 0.3) is 0 Å². The monoisotopic (exact) mass is 496 g/mol. The van der Waals surface area contributed by atoms with Crippen LogP contribution >= 0.6 is 23.4 Å². The zero-order valence-electron chi connectivity index (χ0n) is 18.6. The lowest BCUT2D eigenvalue weighted by Gasteiger charge is -2.12. The Morgan fingerprint density at radius 3 is 2.26 bits per heavy atom. The minimum Gasteiger partial charge on any atom is -0.325 e. The average Bonchev–Trinajstić information content (AvgIpc) is 3.33. The summed E-state index contributed by atoms with van der Waals surface area (Å²) < 4.78 is 1.95. The molecule has 1 N–H and O–H groups in total. The van der Waals surface area contributed by atoms with Crippen LogP contribution in [0.15, 0.2) is 114 Å². The van der Waals surface area contributed by atoms with E-state index in [1.54, 1.807) is 0 Å². The largest absolute Gasteiger partial charge is 0.325 e. The Kier molecular flexibility index (Phi) is 6.93. The molecule has 1 heterocycles. The van der Waals surface area contributed by atoms with Crippen molar-refractivity contribution in [1.82, 2.24) is 14.8 Å². The van der Waals surface area contributed by atoms with Gasteiger partial charge in [0.2, 0.25) is 5.91 Å². The number of thioether (sulfide) groups is 1. The molecule has 5 aromatic rings. The Labute approximate surface area is 212 Å². The predicted octanol–water partition coefficient (Wildman–Crippen LogP) is 6.99. The highest BCUT2D eigenvalue weighted by molar-refractivity contribution is 7.99. The highest BCUT2D eigenvalue weighted by Gasteiger charge is 2.18. The van der Waals surface area contributed by atoms with E-state index in [9.17, 15) is 4.79 Å². The predicted molar refractivity (Wildman–Crippen MR) is 143 cm³/mol. The van der Waals surface area contributed by atoms with E-state index in [4.69, 9.17) is 11.6 Å². The molecular weight excluding hydrogens is 476 g/mol. The lowest BCUT2D eigenvalue weighted by molar-refractivity contribution is -0.113. The van der Waals surface area contributed by atoms with E-state index in [0.717, 1.165) is 28.1 Å². The lowest BCUT2D eigenvalue weighted by atomic mass is 10.0. The second kappa shape index (κ2) is 10.6. The van der Waals surface area contributed by atoms with Gasteiger partial charge >= 0.3 is 0 Å². The van der Waals surface area contributed by atoms with Gasteiger partial charge < -0.3 is 5.32 Å². The second-order valence-corrected chi connectivity index (χ2v) is 9.11. The number of hydrogen-bond acceptors (Lipinski definition) is 4. The average molecular weight is 497 g/mol. The summed E-state index contributed by atoms with van der Waals surface area (Å²) in [5, 5.41) is 13.1. The van der Waals surface area contributed by atoms with Crippen molar-refractivity contribution in [3.8, 4) is 28.2 Å². The van der Waals surface area contributed by atoms with Gasteiger partial charge in [0.15, 0.2) is 11.0 Å². The highest BCUT2D eigenvalue weighted by Crippen LogP contribution is 2.30. The zero-order valence-corrected chi connectivity index (χ0v) is 20.2. The summed E-state index contributed by atoms with van der Waals surface area (Å²) in [7, 11) is 0. The topological polar surface area (TPSA) is 59.8 Å². The molecule has 0 aliphatic heterocycles. The van der Waals surface area contributed by atoms with Crippen LogP contribution in [0.4, 0.5) is 5.69 Å². The Bertz CT molecular complexity index is 1450. The molecule has 0 unspecified atom stereocenters. The van der Waals surface area contributed by atoms with E-state index < -0.39 is 0 Å². The SMILES string of the molecule is O=C(CSc1nnc(-c2cccc(Cl)c2)n1-c1ccccc1)Nc1ccccc1-c1ccccc1. The van der Waals surface area contributed by atoms with Gasteiger partial charge in [-0.25, -0.2) is 0 Å². The van der Waals surface area contributed by atoms with Crippen molar-refractivity contribution in [3.05, 3.63) is 114 Å². The van der Waals surface area contributed by atoms with Crippen LogP contribution in [0.25, 0.3) is 28.2 Å². The number of para-hydroxylation sites is 2. The molecule has 0 aliphatic rings. The molecule has 7 heteroatoms. The van der Waals surface area contributed by atoms with E-state index in [-0.39, 0.29) is 11.7 Å². The molecule has 0 fully saturated rings. The van der Waals surface area contributed by atoms with E-state index in [2.05, 4.69) is 15.5 Å². The van der Waals surface area contributed by atoms with Crippen molar-refractivity contribution in [1.29, 1.82) is 0 Å². The molecule has 0 bridgehead atoms. The summed E-state index contributed by atoms with van der Waals surface area (Å²) in [5.41, 5.74) is 4.55. The summed E-state index contributed by atoms with van der Waals surface area (Å²) in [5.74, 6) is 0.727. The summed E-state index contributed by atoms with van der Waals surface area (Å²) in [4.78, 5) is 12.9. The number of carbonyl (C=O) groups is 1. The number of nitrogens with one attached hydrogen (secondary N) is 1. The number of aromatic nitrogens is 3. The van der Waals surface area contributed by atoms with Crippen molar-refractivity contribution in [2.75, 3.05) is 11.1 Å². The molecule has 4 aromatic carbocycles. The molecule has 0 saturated heterocycles. The van der Waals surface area contributed by atoms with E-state index >= 15 is 0 Å². The lowest BCUT2D eigenvalue weighted by Crippen LogP contribution is -2.15. The fraction of sp³-hybridized carbons (Fsp3) is 0.0357. The summed E-state index contributed by atoms with van der Waals surface area (Å²) >= 11 is 7.56. The van der Waals surface area contributed by atoms with Gasteiger partial charge in [-0.05, 0) is 35.9 Å². The Morgan fingerprint density at radius 2 is 1.49 bits per heavy atom. The van der Waals surface area contributed by atoms with E-state index in [1.807, 2.05) is 114 Å². The molecule has 0 radical (unpaired) electrons. The van der Waals surface area contributed by atoms with Gasteiger partial charge in [-0.2, -0.15) is 0 Å². The van der Waals surface area contributed by atoms with Crippen LogP contribution < -0.4 is 5.32 Å². The summed E-state index contributed by atoms with van der Waals surface area (Å²) in [6, 6.07) is 35.1. The third-order valence-corrected chi connectivity index (χ3v) is 6.51. The van der Waals surface area contributed by atoms with Crippen molar-refractivity contribution in [2.24, 2.45) is 0 Å². The number of amides is 1. The molecule has 0 spiro atoms. The third-order valence-electron chi connectivity index (χ3n) is 5.35. The van der Waals surface area contributed by atoms with Crippen LogP contribution in [-0.2, 0) is 4.79 Å². The molecule has 0 aliphatic carbocycles. The van der Waals surface area contributed by atoms with Gasteiger partial charge in [0.05, 0.1) is 5.75 Å². The van der Waals surface area contributed by atoms with Gasteiger partial charge in [-0.1, -0.05) is 102 Å². The number of rotatable bonds is 7. The van der Waals surface area contributed by atoms with Crippen LogP contribution in [0.3, 0.4) is 0 Å². The van der Waals surface area contributed by atoms with E-state index in [0.29, 0.717) is 16.0 Å². The van der Waals surface area contributed by atoms with Crippen LogP contribution in [0.1, 0.15) is 0 Å². The summed E-state index contributed by atoms with van der Waals surface area (Å²) in [6.45, 7) is 0. The molecule has 0 atom stereocenters. The number of benzene rings is 4. The minimum absolute atomic E-state index is 0.120. The van der Waals surface area contributed by atoms with Crippen molar-refractivity contribution >= 4 is 35.0 Å². The first-order valence-electron chi connectivity index (χ1n) is 11.0. The highest BCUT2D eigenvalue weighted by atomic mass is 35.5. The molecule has 0 saturated carbocycles. The van der Waals surface area contributed by atoms with Crippen LogP contribution in [0.5, 0.6) is 0 Å². The van der Waals surface area contributed by atoms with Crippen LogP contribution in [-0.4, -0.2) is 26.4 Å².